The number of hydrogen-bond acceptors (Lipinski definition) is 33. The van der Waals surface area contributed by atoms with Gasteiger partial charge in [-0.15, -0.1) is 13.2 Å². The average molecular weight is 1950 g/mol. The van der Waals surface area contributed by atoms with Crippen LogP contribution in [0.25, 0.3) is 11.1 Å². The summed E-state index contributed by atoms with van der Waals surface area (Å²) in [6, 6.07) is 9.89. The summed E-state index contributed by atoms with van der Waals surface area (Å²) in [6.45, 7) is 6.61. The van der Waals surface area contributed by atoms with E-state index in [-0.39, 0.29) is 66.3 Å². The van der Waals surface area contributed by atoms with Gasteiger partial charge in [0.2, 0.25) is 53.4 Å². The molecule has 3 fully saturated rings. The summed E-state index contributed by atoms with van der Waals surface area (Å²) >= 11 is 14.6. The van der Waals surface area contributed by atoms with Crippen LogP contribution in [-0.4, -0.2) is 252 Å². The molecule has 26 N–H and O–H groups in total. The molecule has 0 spiro atoms. The highest BCUT2D eigenvalue weighted by Gasteiger charge is 2.54. The average Bonchev–Trinajstić information content (AvgIpc) is 0.729. The predicted octanol–water partition coefficient (Wildman–Crippen LogP) is 1.43. The molecule has 0 aromatic heterocycles. The van der Waals surface area contributed by atoms with Crippen LogP contribution in [0.5, 0.6) is 51.7 Å². The number of aromatic hydroxyl groups is 3. The summed E-state index contributed by atoms with van der Waals surface area (Å²) in [4.78, 5) is 135. The predicted molar refractivity (Wildman–Crippen MR) is 468 cm³/mol. The molecule has 8 heterocycles. The van der Waals surface area contributed by atoms with E-state index in [0.717, 1.165) is 78.9 Å². The van der Waals surface area contributed by atoms with Crippen LogP contribution in [0.4, 0.5) is 18.9 Å². The van der Waals surface area contributed by atoms with Crippen LogP contribution in [0, 0.1) is 5.92 Å². The van der Waals surface area contributed by atoms with Crippen LogP contribution in [-0.2, 0) is 68.6 Å². The number of rotatable bonds is 24. The monoisotopic (exact) mass is 1940 g/mol. The number of carbonyl (C=O) groups is 9. The first kappa shape index (κ1) is 101. The van der Waals surface area contributed by atoms with Crippen molar-refractivity contribution >= 4 is 82.1 Å². The van der Waals surface area contributed by atoms with E-state index in [1.165, 1.54) is 63.4 Å². The Kier molecular flexibility index (Phi) is 31.9. The van der Waals surface area contributed by atoms with Crippen molar-refractivity contribution in [3.05, 3.63) is 176 Å². The summed E-state index contributed by atoms with van der Waals surface area (Å²) in [5.41, 5.74) is 13.9. The number of aliphatic hydroxyl groups excluding tert-OH is 8. The van der Waals surface area contributed by atoms with Crippen LogP contribution in [0.15, 0.2) is 127 Å². The standard InChI is InChI=1S/C89H102Cl2F3N13O29/c1-7-99-107-85(127)65-47-28-44(109)29-53(111)62(47)46-23-38(14-17-52(46)110)63-81(123)106-67(84(126)104-65)74(133-61-31-88(5,96)77(119)36(4)128-61)40-16-19-55(49(91)25-40)130-57-27-42-26-56(129-54-18-15-39(24-48(54)90)68(113)66(105-79(121)50(97-6)20-35(2)3)83(125)101-51(30-60(95)112)80(122)102-64(42)82(124)103-63)75(57)134-87-73(118)71(116)76(59(34-108)132-87)135-86-72(117)70(115)69(114)58(131-86)33-98-32-37-10-8-12-43(21-37)100-78(120)41-11-9-13-45(22-41)136-89(92,93)94/h8-19,21-29,35-36,50-51,58-59,61,63-74,76-77,86-87,97-99,108-111,113-119H,7,20,30-34,96H2,1-6H3,(H2,95,112)(H,100,120)(H,101,125)(H,102,122)(H,103,124)(H,104,126)(H,105,121)(H,106,123)(H,107,127)/t36-,50+,51-,58+,59+,61-,63-,64+,65-,66?,67-,68+,69-,70-,71+,72+,73+,74+,76+,77-,86-,87-,88-/m0/s1. The van der Waals surface area contributed by atoms with Crippen molar-refractivity contribution in [2.75, 3.05) is 32.1 Å². The number of phenols is 3. The number of phenolic OH excluding ortho intramolecular Hbond substituents is 3. The largest absolute Gasteiger partial charge is 0.573 e. The van der Waals surface area contributed by atoms with Gasteiger partial charge < -0.3 is 158 Å². The molecule has 11 bridgehead atoms. The number of likely N-dealkylation sites (N-methyl/N-ethyl adjacent to an activating group) is 1. The molecule has 7 aromatic rings. The fourth-order valence-electron chi connectivity index (χ4n) is 16.4. The number of hydrogen-bond donors (Lipinski definition) is 24. The number of aliphatic hydroxyl groups is 8. The van der Waals surface area contributed by atoms with Gasteiger partial charge in [0.15, 0.2) is 24.1 Å². The highest BCUT2D eigenvalue weighted by molar-refractivity contribution is 6.32. The molecule has 8 aliphatic heterocycles. The van der Waals surface area contributed by atoms with Crippen molar-refractivity contribution in [3.63, 3.8) is 0 Å². The molecule has 0 radical (unpaired) electrons. The van der Waals surface area contributed by atoms with Gasteiger partial charge in [0.25, 0.3) is 11.8 Å². The number of alkyl halides is 3. The smallest absolute Gasteiger partial charge is 0.508 e. The highest BCUT2D eigenvalue weighted by atomic mass is 35.5. The number of carbonyl (C=O) groups excluding carboxylic acids is 9. The highest BCUT2D eigenvalue weighted by Crippen LogP contribution is 2.51. The number of primary amides is 1. The van der Waals surface area contributed by atoms with Gasteiger partial charge in [-0.25, -0.2) is 5.43 Å². The van der Waals surface area contributed by atoms with Crippen LogP contribution in [0.1, 0.15) is 128 Å². The van der Waals surface area contributed by atoms with Gasteiger partial charge in [0, 0.05) is 60.0 Å². The third kappa shape index (κ3) is 23.3. The van der Waals surface area contributed by atoms with Crippen molar-refractivity contribution in [3.8, 4) is 62.9 Å². The van der Waals surface area contributed by atoms with E-state index in [0.29, 0.717) is 5.56 Å². The van der Waals surface area contributed by atoms with Crippen molar-refractivity contribution in [2.45, 2.75) is 207 Å². The van der Waals surface area contributed by atoms with Crippen molar-refractivity contribution in [2.24, 2.45) is 17.4 Å². The second-order valence-electron chi connectivity index (χ2n) is 33.9. The minimum atomic E-state index is -5.03. The number of anilines is 1. The van der Waals surface area contributed by atoms with Crippen molar-refractivity contribution < 1.29 is 155 Å². The summed E-state index contributed by atoms with van der Waals surface area (Å²) < 4.78 is 94.3. The van der Waals surface area contributed by atoms with Crippen LogP contribution < -0.4 is 89.1 Å². The lowest BCUT2D eigenvalue weighted by Crippen LogP contribution is -2.65. The van der Waals surface area contributed by atoms with Gasteiger partial charge in [-0.1, -0.05) is 80.4 Å². The van der Waals surface area contributed by atoms with E-state index in [4.69, 9.17) is 72.6 Å². The zero-order valence-corrected chi connectivity index (χ0v) is 74.7. The first-order chi connectivity index (χ1) is 64.4. The number of halogens is 5. The molecule has 7 aromatic carbocycles. The number of fused-ring (bicyclic) bond motifs is 15. The molecule has 136 heavy (non-hydrogen) atoms. The molecule has 1 unspecified atom stereocenters. The molecule has 23 atom stereocenters. The molecule has 8 aliphatic rings. The van der Waals surface area contributed by atoms with Gasteiger partial charge in [-0.3, -0.25) is 48.6 Å². The third-order valence-electron chi connectivity index (χ3n) is 23.3. The molecule has 15 rings (SSSR count). The lowest BCUT2D eigenvalue weighted by Gasteiger charge is -2.46. The van der Waals surface area contributed by atoms with E-state index in [1.54, 1.807) is 26.8 Å². The van der Waals surface area contributed by atoms with E-state index in [9.17, 15) is 88.5 Å². The lowest BCUT2D eigenvalue weighted by molar-refractivity contribution is -0.350. The quantitative estimate of drug-likeness (QED) is 0.0381. The maximum atomic E-state index is 16.6. The third-order valence-corrected chi connectivity index (χ3v) is 23.9. The Balaban J connectivity index is 0.936. The van der Waals surface area contributed by atoms with E-state index < -0.39 is 297 Å². The molecular formula is C89H102Cl2F3N13O29. The molecule has 42 nitrogen and oxygen atoms in total. The number of hydrazine groups is 1. The molecule has 732 valence electrons. The Morgan fingerprint density at radius 2 is 1.32 bits per heavy atom. The lowest BCUT2D eigenvalue weighted by atomic mass is 9.86. The van der Waals surface area contributed by atoms with Crippen LogP contribution >= 0.6 is 23.2 Å². The molecule has 47 heteroatoms. The number of benzene rings is 7. The molecule has 3 saturated heterocycles. The Hall–Kier alpha value is -11.9. The maximum absolute atomic E-state index is 16.6. The van der Waals surface area contributed by atoms with Gasteiger partial charge in [0.05, 0.1) is 41.3 Å². The van der Waals surface area contributed by atoms with Crippen molar-refractivity contribution in [1.82, 2.24) is 53.4 Å². The van der Waals surface area contributed by atoms with Gasteiger partial charge in [-0.2, -0.15) is 0 Å². The van der Waals surface area contributed by atoms with E-state index >= 15 is 24.0 Å². The summed E-state index contributed by atoms with van der Waals surface area (Å²) in [7, 11) is 1.45. The van der Waals surface area contributed by atoms with E-state index in [1.807, 2.05) is 0 Å². The SMILES string of the molecule is CCNNC(=O)[C@H]1NC(=O)[C@H]2NC(=O)[C@@H](NC(=O)[C@@H]3NC(=O)[C@H](CC(N)=O)NC(=O)C(NC(=O)[C@@H](CC(C)C)NC)[C@H](O)c4ccc(c(Cl)c4)Oc4cc3cc(c4O[C@@H]3O[C@H](CO)[C@@H](O[C@@H]4O[C@H](CNCc5cccc(NC(=O)c6cccc(OC(F)(F)F)c6)c5)[C@H](O)[C@H](O)[C@H]4O)[C@H](O)[C@H]3O)Oc3ccc(cc3Cl)[C@H]2O[C@H]2C[C@](C)(N)[C@@H](O)[C@H](C)O2)c2ccc(O)c(c2)-c2c(O)cc(O)cc21. The molecule has 0 saturated carbocycles. The maximum Gasteiger partial charge on any atom is 0.573 e. The zero-order valence-electron chi connectivity index (χ0n) is 73.2. The summed E-state index contributed by atoms with van der Waals surface area (Å²) in [5, 5.41) is 152. The Morgan fingerprint density at radius 3 is 1.97 bits per heavy atom. The fraction of sp³-hybridized carbons (Fsp3) is 0.427. The van der Waals surface area contributed by atoms with Gasteiger partial charge in [0.1, 0.15) is 132 Å². The minimum absolute atomic E-state index is 0.0533. The number of amides is 9. The molecule has 9 amide bonds. The van der Waals surface area contributed by atoms with Gasteiger partial charge >= 0.3 is 6.36 Å². The topological polar surface area (TPSA) is 644 Å². The number of nitrogens with two attached hydrogens (primary N) is 2. The second kappa shape index (κ2) is 42.8. The Labute approximate surface area is 782 Å². The second-order valence-corrected chi connectivity index (χ2v) is 34.7. The summed E-state index contributed by atoms with van der Waals surface area (Å²) in [5.74, 6) is -17.3. The first-order valence-electron chi connectivity index (χ1n) is 42.8. The summed E-state index contributed by atoms with van der Waals surface area (Å²) in [6.07, 6.45) is -35.2. The first-order valence-corrected chi connectivity index (χ1v) is 43.5. The van der Waals surface area contributed by atoms with Crippen LogP contribution in [0.2, 0.25) is 10.0 Å². The molecule has 0 aliphatic carbocycles. The van der Waals surface area contributed by atoms with E-state index in [2.05, 4.69) is 63.4 Å². The zero-order chi connectivity index (χ0) is 98.5. The van der Waals surface area contributed by atoms with Crippen LogP contribution in [0.3, 0.4) is 0 Å². The van der Waals surface area contributed by atoms with Crippen molar-refractivity contribution in [1.29, 1.82) is 0 Å². The van der Waals surface area contributed by atoms with Gasteiger partial charge in [-0.05, 0) is 152 Å². The normalized spacial score (nSPS) is 28.3. The fourth-order valence-corrected chi connectivity index (χ4v) is 16.9. The number of nitrogens with one attached hydrogen (secondary N) is 11. The number of ether oxygens (including phenoxy) is 9. The molecular weight excluding hydrogens is 1840 g/mol. The Morgan fingerprint density at radius 1 is 0.669 bits per heavy atom. The Bertz CT molecular complexity index is 5640. The minimum Gasteiger partial charge on any atom is -0.508 e.